The lowest BCUT2D eigenvalue weighted by Crippen LogP contribution is -2.26. The monoisotopic (exact) mass is 366 g/mol. The van der Waals surface area contributed by atoms with Gasteiger partial charge in [-0.05, 0) is 42.2 Å². The van der Waals surface area contributed by atoms with Gasteiger partial charge in [-0.1, -0.05) is 20.8 Å². The van der Waals surface area contributed by atoms with E-state index in [1.165, 1.54) is 22.2 Å². The highest BCUT2D eigenvalue weighted by Gasteiger charge is 2.31. The van der Waals surface area contributed by atoms with E-state index in [0.29, 0.717) is 11.2 Å². The van der Waals surface area contributed by atoms with E-state index in [1.54, 1.807) is 17.2 Å². The molecule has 0 radical (unpaired) electrons. The summed E-state index contributed by atoms with van der Waals surface area (Å²) in [6, 6.07) is 1.94. The summed E-state index contributed by atoms with van der Waals surface area (Å²) in [5, 5.41) is 10.1. The van der Waals surface area contributed by atoms with Crippen LogP contribution in [0.1, 0.15) is 37.6 Å². The molecule has 26 heavy (non-hydrogen) atoms. The first-order chi connectivity index (χ1) is 12.4. The van der Waals surface area contributed by atoms with Crippen LogP contribution < -0.4 is 0 Å². The van der Waals surface area contributed by atoms with Crippen LogP contribution in [0.4, 0.5) is 0 Å². The Morgan fingerprint density at radius 1 is 1.27 bits per heavy atom. The number of nitrogens with zero attached hydrogens (tertiary/aromatic N) is 6. The summed E-state index contributed by atoms with van der Waals surface area (Å²) in [4.78, 5) is 12.1. The molecule has 6 nitrogen and oxygen atoms in total. The van der Waals surface area contributed by atoms with Crippen molar-refractivity contribution < 1.29 is 0 Å². The predicted octanol–water partition coefficient (Wildman–Crippen LogP) is 3.89. The van der Waals surface area contributed by atoms with Crippen molar-refractivity contribution in [3.63, 3.8) is 0 Å². The predicted molar refractivity (Wildman–Crippen MR) is 103 cm³/mol. The number of hydrogen-bond acceptors (Lipinski definition) is 5. The Labute approximate surface area is 155 Å². The van der Waals surface area contributed by atoms with E-state index in [2.05, 4.69) is 36.0 Å². The number of aromatic nitrogens is 6. The average Bonchev–Trinajstić information content (AvgIpc) is 3.27. The summed E-state index contributed by atoms with van der Waals surface area (Å²) >= 11 is 1.83. The molecule has 0 bridgehead atoms. The smallest absolute Gasteiger partial charge is 0.200 e. The first-order valence-electron chi connectivity index (χ1n) is 9.06. The Morgan fingerprint density at radius 2 is 2.12 bits per heavy atom. The molecule has 0 N–H and O–H groups in total. The molecular weight excluding hydrogens is 344 g/mol. The lowest BCUT2D eigenvalue weighted by Gasteiger charge is -2.33. The van der Waals surface area contributed by atoms with Crippen molar-refractivity contribution in [1.29, 1.82) is 0 Å². The summed E-state index contributed by atoms with van der Waals surface area (Å²) < 4.78 is 3.62. The number of fused-ring (bicyclic) bond motifs is 5. The van der Waals surface area contributed by atoms with Gasteiger partial charge in [-0.2, -0.15) is 5.10 Å². The van der Waals surface area contributed by atoms with Gasteiger partial charge in [-0.3, -0.25) is 4.68 Å². The zero-order chi connectivity index (χ0) is 18.1. The third-order valence-electron chi connectivity index (χ3n) is 5.66. The molecule has 0 fully saturated rings. The Morgan fingerprint density at radius 3 is 2.85 bits per heavy atom. The molecule has 0 spiro atoms. The second-order valence-electron chi connectivity index (χ2n) is 8.28. The second-order valence-corrected chi connectivity index (χ2v) is 9.36. The van der Waals surface area contributed by atoms with E-state index in [9.17, 15) is 0 Å². The van der Waals surface area contributed by atoms with Gasteiger partial charge in [-0.15, -0.1) is 16.4 Å². The largest absolute Gasteiger partial charge is 0.265 e. The average molecular weight is 366 g/mol. The fourth-order valence-electron chi connectivity index (χ4n) is 4.02. The normalized spacial score (nSPS) is 17.9. The highest BCUT2D eigenvalue weighted by Crippen LogP contribution is 2.43. The van der Waals surface area contributed by atoms with Gasteiger partial charge in [0.25, 0.3) is 0 Å². The SMILES string of the molecule is Cn1nccc1-c1nc2c3c4c(sc3ncn2n1)CC(C(C)(C)C)CC4. The van der Waals surface area contributed by atoms with Crippen molar-refractivity contribution >= 4 is 27.2 Å². The van der Waals surface area contributed by atoms with Gasteiger partial charge in [0, 0.05) is 18.1 Å². The van der Waals surface area contributed by atoms with Gasteiger partial charge in [-0.25, -0.2) is 14.5 Å². The van der Waals surface area contributed by atoms with Gasteiger partial charge in [0.05, 0.1) is 5.39 Å². The maximum Gasteiger partial charge on any atom is 0.200 e. The molecule has 7 heteroatoms. The molecule has 0 aliphatic heterocycles. The first-order valence-corrected chi connectivity index (χ1v) is 9.87. The number of hydrogen-bond donors (Lipinski definition) is 0. The van der Waals surface area contributed by atoms with E-state index >= 15 is 0 Å². The standard InChI is InChI=1S/C19H22N6S/c1-19(2,3)11-5-6-12-14(9-11)26-18-15(12)17-22-16(23-25(17)10-20-18)13-7-8-21-24(13)4/h7-8,10-11H,5-6,9H2,1-4H3. The number of aryl methyl sites for hydroxylation is 2. The Kier molecular flexibility index (Phi) is 3.28. The van der Waals surface area contributed by atoms with Crippen LogP contribution in [0.25, 0.3) is 27.4 Å². The van der Waals surface area contributed by atoms with Crippen molar-refractivity contribution in [2.24, 2.45) is 18.4 Å². The Hall–Kier alpha value is -2.28. The fourth-order valence-corrected chi connectivity index (χ4v) is 5.28. The van der Waals surface area contributed by atoms with Crippen LogP contribution in [-0.4, -0.2) is 29.4 Å². The number of rotatable bonds is 1. The van der Waals surface area contributed by atoms with Crippen LogP contribution in [-0.2, 0) is 19.9 Å². The molecule has 4 aromatic heterocycles. The molecule has 0 saturated carbocycles. The van der Waals surface area contributed by atoms with E-state index in [-0.39, 0.29) is 0 Å². The minimum atomic E-state index is 0.345. The third kappa shape index (κ3) is 2.30. The van der Waals surface area contributed by atoms with Crippen LogP contribution in [0, 0.1) is 11.3 Å². The Bertz CT molecular complexity index is 1130. The molecule has 1 atom stereocenters. The van der Waals surface area contributed by atoms with Crippen molar-refractivity contribution in [2.45, 2.75) is 40.0 Å². The van der Waals surface area contributed by atoms with Gasteiger partial charge in [0.1, 0.15) is 16.9 Å². The molecule has 4 heterocycles. The molecule has 1 aliphatic rings. The fraction of sp³-hybridized carbons (Fsp3) is 0.474. The molecule has 1 unspecified atom stereocenters. The summed E-state index contributed by atoms with van der Waals surface area (Å²) in [5.74, 6) is 1.42. The molecule has 4 aromatic rings. The van der Waals surface area contributed by atoms with E-state index in [0.717, 1.165) is 34.9 Å². The van der Waals surface area contributed by atoms with Gasteiger partial charge in [0.15, 0.2) is 11.5 Å². The highest BCUT2D eigenvalue weighted by atomic mass is 32.1. The van der Waals surface area contributed by atoms with Gasteiger partial charge < -0.3 is 0 Å². The van der Waals surface area contributed by atoms with Crippen LogP contribution in [0.5, 0.6) is 0 Å². The van der Waals surface area contributed by atoms with Gasteiger partial charge in [0.2, 0.25) is 0 Å². The maximum absolute atomic E-state index is 4.85. The van der Waals surface area contributed by atoms with Crippen LogP contribution in [0.3, 0.4) is 0 Å². The van der Waals surface area contributed by atoms with Crippen molar-refractivity contribution in [1.82, 2.24) is 29.4 Å². The number of thiophene rings is 1. The first kappa shape index (κ1) is 15.9. The second kappa shape index (κ2) is 5.36. The minimum absolute atomic E-state index is 0.345. The topological polar surface area (TPSA) is 60.9 Å². The maximum atomic E-state index is 4.85. The van der Waals surface area contributed by atoms with Crippen molar-refractivity contribution in [3.05, 3.63) is 29.0 Å². The highest BCUT2D eigenvalue weighted by molar-refractivity contribution is 7.19. The van der Waals surface area contributed by atoms with Crippen LogP contribution in [0.2, 0.25) is 0 Å². The molecule has 0 saturated heterocycles. The quantitative estimate of drug-likeness (QED) is 0.513. The molecule has 5 rings (SSSR count). The molecule has 1 aliphatic carbocycles. The van der Waals surface area contributed by atoms with Crippen molar-refractivity contribution in [2.75, 3.05) is 0 Å². The molecule has 134 valence electrons. The molecule has 0 amide bonds. The van der Waals surface area contributed by atoms with E-state index < -0.39 is 0 Å². The summed E-state index contributed by atoms with van der Waals surface area (Å²) in [7, 11) is 1.91. The summed E-state index contributed by atoms with van der Waals surface area (Å²) in [6.45, 7) is 7.06. The molecular formula is C19H22N6S. The zero-order valence-corrected chi connectivity index (χ0v) is 16.3. The zero-order valence-electron chi connectivity index (χ0n) is 15.5. The van der Waals surface area contributed by atoms with E-state index in [1.807, 2.05) is 29.0 Å². The third-order valence-corrected chi connectivity index (χ3v) is 6.82. The summed E-state index contributed by atoms with van der Waals surface area (Å²) in [6.07, 6.45) is 7.04. The lowest BCUT2D eigenvalue weighted by molar-refractivity contribution is 0.218. The molecule has 0 aromatic carbocycles. The van der Waals surface area contributed by atoms with E-state index in [4.69, 9.17) is 4.98 Å². The lowest BCUT2D eigenvalue weighted by atomic mass is 9.72. The van der Waals surface area contributed by atoms with Crippen LogP contribution in [0.15, 0.2) is 18.6 Å². The Balaban J connectivity index is 1.68. The van der Waals surface area contributed by atoms with Crippen LogP contribution >= 0.6 is 11.3 Å². The van der Waals surface area contributed by atoms with Gasteiger partial charge >= 0.3 is 0 Å². The minimum Gasteiger partial charge on any atom is -0.265 e. The van der Waals surface area contributed by atoms with Crippen molar-refractivity contribution in [3.8, 4) is 11.5 Å². The summed E-state index contributed by atoms with van der Waals surface area (Å²) in [5.41, 5.74) is 3.61.